The molecule has 0 aromatic heterocycles. The molecule has 2 rings (SSSR count). The molecule has 2 nitrogen and oxygen atoms in total. The zero-order valence-electron chi connectivity index (χ0n) is 8.11. The van der Waals surface area contributed by atoms with Crippen molar-refractivity contribution in [1.29, 1.82) is 0 Å². The van der Waals surface area contributed by atoms with E-state index in [1.165, 1.54) is 11.1 Å². The molecular weight excluding hydrogens is 176 g/mol. The van der Waals surface area contributed by atoms with Crippen LogP contribution in [-0.4, -0.2) is 19.8 Å². The summed E-state index contributed by atoms with van der Waals surface area (Å²) < 4.78 is 10.7. The van der Waals surface area contributed by atoms with Gasteiger partial charge in [0.15, 0.2) is 0 Å². The molecule has 1 aromatic carbocycles. The molecule has 74 valence electrons. The van der Waals surface area contributed by atoms with Crippen LogP contribution in [-0.2, 0) is 16.1 Å². The molecule has 0 N–H and O–H groups in total. The Morgan fingerprint density at radius 3 is 2.71 bits per heavy atom. The van der Waals surface area contributed by atoms with Crippen LogP contribution in [0.3, 0.4) is 0 Å². The van der Waals surface area contributed by atoms with Gasteiger partial charge in [0.25, 0.3) is 0 Å². The number of ether oxygens (including phenoxy) is 2. The molecule has 0 atom stereocenters. The minimum Gasteiger partial charge on any atom is -0.373 e. The molecule has 0 bridgehead atoms. The maximum atomic E-state index is 5.56. The van der Waals surface area contributed by atoms with Crippen LogP contribution >= 0.6 is 0 Å². The highest BCUT2D eigenvalue weighted by Crippen LogP contribution is 2.06. The third-order valence-electron chi connectivity index (χ3n) is 2.18. The van der Waals surface area contributed by atoms with Crippen molar-refractivity contribution in [2.24, 2.45) is 0 Å². The zero-order valence-corrected chi connectivity index (χ0v) is 8.11. The average molecular weight is 190 g/mol. The lowest BCUT2D eigenvalue weighted by atomic mass is 10.2. The maximum Gasteiger partial charge on any atom is 0.0721 e. The highest BCUT2D eigenvalue weighted by molar-refractivity contribution is 5.14. The van der Waals surface area contributed by atoms with Gasteiger partial charge in [-0.2, -0.15) is 0 Å². The molecule has 0 aliphatic carbocycles. The molecule has 0 saturated carbocycles. The molecule has 0 spiro atoms. The van der Waals surface area contributed by atoms with Crippen LogP contribution in [0.5, 0.6) is 0 Å². The lowest BCUT2D eigenvalue weighted by molar-refractivity contribution is 0.131. The second kappa shape index (κ2) is 4.94. The molecular formula is C12H14O2. The van der Waals surface area contributed by atoms with E-state index in [1.54, 1.807) is 0 Å². The first-order chi connectivity index (χ1) is 6.95. The molecule has 1 aromatic rings. The van der Waals surface area contributed by atoms with Gasteiger partial charge in [0, 0.05) is 0 Å². The highest BCUT2D eigenvalue weighted by Gasteiger charge is 2.03. The van der Waals surface area contributed by atoms with Crippen LogP contribution in [0.1, 0.15) is 5.56 Å². The second-order valence-corrected chi connectivity index (χ2v) is 3.36. The summed E-state index contributed by atoms with van der Waals surface area (Å²) in [5.41, 5.74) is 2.47. The Bertz CT molecular complexity index is 303. The number of benzene rings is 1. The van der Waals surface area contributed by atoms with Gasteiger partial charge >= 0.3 is 0 Å². The number of hydrogen-bond donors (Lipinski definition) is 0. The standard InChI is InChI=1S/C12H14O2/c1-2-4-11(5-3-1)8-14-10-12-6-7-13-9-12/h1-6H,7-10H2. The van der Waals surface area contributed by atoms with Gasteiger partial charge in [-0.1, -0.05) is 36.4 Å². The third kappa shape index (κ3) is 2.69. The zero-order chi connectivity index (χ0) is 9.64. The lowest BCUT2D eigenvalue weighted by Crippen LogP contribution is -2.00. The van der Waals surface area contributed by atoms with Crippen molar-refractivity contribution >= 4 is 0 Å². The van der Waals surface area contributed by atoms with Gasteiger partial charge in [-0.15, -0.1) is 0 Å². The summed E-state index contributed by atoms with van der Waals surface area (Å²) in [4.78, 5) is 0. The molecule has 0 amide bonds. The molecule has 14 heavy (non-hydrogen) atoms. The summed E-state index contributed by atoms with van der Waals surface area (Å²) in [6.45, 7) is 2.84. The fourth-order valence-electron chi connectivity index (χ4n) is 1.40. The lowest BCUT2D eigenvalue weighted by Gasteiger charge is -2.04. The van der Waals surface area contributed by atoms with Crippen molar-refractivity contribution in [3.05, 3.63) is 47.5 Å². The molecule has 1 heterocycles. The van der Waals surface area contributed by atoms with Crippen molar-refractivity contribution in [1.82, 2.24) is 0 Å². The molecule has 0 saturated heterocycles. The van der Waals surface area contributed by atoms with E-state index in [2.05, 4.69) is 18.2 Å². The normalized spacial score (nSPS) is 15.6. The Kier molecular flexibility index (Phi) is 3.33. The SMILES string of the molecule is C1=C(COCc2ccccc2)COC1. The van der Waals surface area contributed by atoms with Gasteiger partial charge in [-0.25, -0.2) is 0 Å². The summed E-state index contributed by atoms with van der Waals surface area (Å²) in [5.74, 6) is 0. The topological polar surface area (TPSA) is 18.5 Å². The quantitative estimate of drug-likeness (QED) is 0.677. The number of hydrogen-bond acceptors (Lipinski definition) is 2. The van der Waals surface area contributed by atoms with Crippen molar-refractivity contribution < 1.29 is 9.47 Å². The van der Waals surface area contributed by atoms with E-state index in [0.717, 1.165) is 13.2 Å². The van der Waals surface area contributed by atoms with Crippen molar-refractivity contribution in [2.45, 2.75) is 6.61 Å². The van der Waals surface area contributed by atoms with Crippen molar-refractivity contribution in [3.63, 3.8) is 0 Å². The van der Waals surface area contributed by atoms with E-state index in [0.29, 0.717) is 13.2 Å². The van der Waals surface area contributed by atoms with Crippen LogP contribution in [0.2, 0.25) is 0 Å². The van der Waals surface area contributed by atoms with Gasteiger partial charge < -0.3 is 9.47 Å². The summed E-state index contributed by atoms with van der Waals surface area (Å²) in [7, 11) is 0. The molecule has 1 aliphatic rings. The van der Waals surface area contributed by atoms with Gasteiger partial charge in [0.2, 0.25) is 0 Å². The molecule has 1 aliphatic heterocycles. The highest BCUT2D eigenvalue weighted by atomic mass is 16.5. The van der Waals surface area contributed by atoms with E-state index in [4.69, 9.17) is 9.47 Å². The maximum absolute atomic E-state index is 5.56. The first-order valence-electron chi connectivity index (χ1n) is 4.82. The van der Waals surface area contributed by atoms with E-state index >= 15 is 0 Å². The fourth-order valence-corrected chi connectivity index (χ4v) is 1.40. The fraction of sp³-hybridized carbons (Fsp3) is 0.333. The summed E-state index contributed by atoms with van der Waals surface area (Å²) in [6.07, 6.45) is 2.09. The predicted molar refractivity (Wildman–Crippen MR) is 55.0 cm³/mol. The van der Waals surface area contributed by atoms with Gasteiger partial charge in [-0.3, -0.25) is 0 Å². The first-order valence-corrected chi connectivity index (χ1v) is 4.82. The molecule has 0 unspecified atom stereocenters. The van der Waals surface area contributed by atoms with E-state index in [-0.39, 0.29) is 0 Å². The van der Waals surface area contributed by atoms with E-state index in [9.17, 15) is 0 Å². The van der Waals surface area contributed by atoms with Gasteiger partial charge in [0.1, 0.15) is 0 Å². The molecule has 2 heteroatoms. The van der Waals surface area contributed by atoms with Crippen LogP contribution in [0.4, 0.5) is 0 Å². The minimum absolute atomic E-state index is 0.679. The van der Waals surface area contributed by atoms with Crippen molar-refractivity contribution in [2.75, 3.05) is 19.8 Å². The number of rotatable bonds is 4. The summed E-state index contributed by atoms with van der Waals surface area (Å²) in [5, 5.41) is 0. The summed E-state index contributed by atoms with van der Waals surface area (Å²) in [6, 6.07) is 10.2. The Labute approximate surface area is 84.2 Å². The van der Waals surface area contributed by atoms with Crippen LogP contribution < -0.4 is 0 Å². The van der Waals surface area contributed by atoms with Gasteiger partial charge in [-0.05, 0) is 11.1 Å². The Morgan fingerprint density at radius 2 is 2.00 bits per heavy atom. The van der Waals surface area contributed by atoms with E-state index < -0.39 is 0 Å². The third-order valence-corrected chi connectivity index (χ3v) is 2.18. The largest absolute Gasteiger partial charge is 0.373 e. The van der Waals surface area contributed by atoms with E-state index in [1.807, 2.05) is 18.2 Å². The Morgan fingerprint density at radius 1 is 1.14 bits per heavy atom. The molecule has 0 fully saturated rings. The summed E-state index contributed by atoms with van der Waals surface area (Å²) >= 11 is 0. The predicted octanol–water partition coefficient (Wildman–Crippen LogP) is 2.16. The second-order valence-electron chi connectivity index (χ2n) is 3.36. The monoisotopic (exact) mass is 190 g/mol. The van der Waals surface area contributed by atoms with Crippen molar-refractivity contribution in [3.8, 4) is 0 Å². The first kappa shape index (κ1) is 9.44. The van der Waals surface area contributed by atoms with Crippen LogP contribution in [0, 0.1) is 0 Å². The molecule has 0 radical (unpaired) electrons. The van der Waals surface area contributed by atoms with Gasteiger partial charge in [0.05, 0.1) is 26.4 Å². The Hall–Kier alpha value is -1.12. The van der Waals surface area contributed by atoms with Crippen LogP contribution in [0.25, 0.3) is 0 Å². The van der Waals surface area contributed by atoms with Crippen LogP contribution in [0.15, 0.2) is 42.0 Å². The Balaban J connectivity index is 1.73. The minimum atomic E-state index is 0.679. The smallest absolute Gasteiger partial charge is 0.0721 e. The average Bonchev–Trinajstić information content (AvgIpc) is 2.72.